The molecule has 0 saturated carbocycles. The molecule has 106 valence electrons. The highest BCUT2D eigenvalue weighted by molar-refractivity contribution is 5.99. The number of hydrogen-bond donors (Lipinski definition) is 2. The lowest BCUT2D eigenvalue weighted by Crippen LogP contribution is -2.35. The fraction of sp³-hybridized carbons (Fsp3) is 0.583. The monoisotopic (exact) mass is 287 g/mol. The lowest BCUT2D eigenvalue weighted by molar-refractivity contribution is -0.120. The standard InChI is InChI=1S/C12H17N3O3.ClH/c1-12(2,3)9-5-10(15-18-9)14-11(17)8-4-7(16)6-13-8;/h5,8,13H,4,6H2,1-3H3,(H,14,15,17);1H/t8-;/m0./s1. The summed E-state index contributed by atoms with van der Waals surface area (Å²) in [4.78, 5) is 22.9. The van der Waals surface area contributed by atoms with E-state index in [1.54, 1.807) is 6.07 Å². The molecule has 7 heteroatoms. The first kappa shape index (κ1) is 15.7. The molecule has 6 nitrogen and oxygen atoms in total. The van der Waals surface area contributed by atoms with Crippen molar-refractivity contribution in [1.82, 2.24) is 10.5 Å². The minimum Gasteiger partial charge on any atom is -0.359 e. The van der Waals surface area contributed by atoms with Gasteiger partial charge in [-0.05, 0) is 0 Å². The summed E-state index contributed by atoms with van der Waals surface area (Å²) in [6.07, 6.45) is 0.232. The van der Waals surface area contributed by atoms with Crippen molar-refractivity contribution in [2.24, 2.45) is 0 Å². The van der Waals surface area contributed by atoms with E-state index in [9.17, 15) is 9.59 Å². The number of nitrogens with one attached hydrogen (secondary N) is 2. The van der Waals surface area contributed by atoms with Crippen molar-refractivity contribution in [2.75, 3.05) is 11.9 Å². The molecular formula is C12H18ClN3O3. The molecule has 1 aromatic heterocycles. The Morgan fingerprint density at radius 2 is 2.21 bits per heavy atom. The maximum absolute atomic E-state index is 11.8. The van der Waals surface area contributed by atoms with Crippen molar-refractivity contribution in [1.29, 1.82) is 0 Å². The van der Waals surface area contributed by atoms with Crippen molar-refractivity contribution in [3.63, 3.8) is 0 Å². The van der Waals surface area contributed by atoms with Gasteiger partial charge in [-0.3, -0.25) is 14.9 Å². The first-order valence-corrected chi connectivity index (χ1v) is 5.89. The third-order valence-electron chi connectivity index (χ3n) is 2.79. The zero-order valence-electron chi connectivity index (χ0n) is 11.1. The minimum atomic E-state index is -0.465. The van der Waals surface area contributed by atoms with Crippen LogP contribution in [0.3, 0.4) is 0 Å². The number of Topliss-reactive ketones (excluding diaryl/α,β-unsaturated/α-hetero) is 1. The van der Waals surface area contributed by atoms with Crippen LogP contribution >= 0.6 is 12.4 Å². The molecule has 0 radical (unpaired) electrons. The Morgan fingerprint density at radius 3 is 2.68 bits per heavy atom. The van der Waals surface area contributed by atoms with Gasteiger partial charge < -0.3 is 9.84 Å². The third kappa shape index (κ3) is 3.78. The average Bonchev–Trinajstić information content (AvgIpc) is 2.85. The van der Waals surface area contributed by atoms with Gasteiger partial charge in [-0.1, -0.05) is 25.9 Å². The summed E-state index contributed by atoms with van der Waals surface area (Å²) in [5.74, 6) is 0.875. The van der Waals surface area contributed by atoms with Gasteiger partial charge >= 0.3 is 0 Å². The molecule has 19 heavy (non-hydrogen) atoms. The van der Waals surface area contributed by atoms with Crippen LogP contribution in [0.1, 0.15) is 33.0 Å². The first-order valence-electron chi connectivity index (χ1n) is 5.89. The highest BCUT2D eigenvalue weighted by Crippen LogP contribution is 2.24. The number of nitrogens with zero attached hydrogens (tertiary/aromatic N) is 1. The van der Waals surface area contributed by atoms with Gasteiger partial charge in [-0.15, -0.1) is 12.4 Å². The number of halogens is 1. The Morgan fingerprint density at radius 1 is 1.53 bits per heavy atom. The molecule has 1 atom stereocenters. The van der Waals surface area contributed by atoms with Gasteiger partial charge in [0.05, 0.1) is 12.6 Å². The number of carbonyl (C=O) groups is 2. The van der Waals surface area contributed by atoms with E-state index in [0.717, 1.165) is 0 Å². The molecule has 2 heterocycles. The molecule has 1 aliphatic rings. The van der Waals surface area contributed by atoms with Crippen molar-refractivity contribution in [3.05, 3.63) is 11.8 Å². The summed E-state index contributed by atoms with van der Waals surface area (Å²) in [6, 6.07) is 1.24. The predicted octanol–water partition coefficient (Wildman–Crippen LogP) is 1.26. The van der Waals surface area contributed by atoms with E-state index in [0.29, 0.717) is 11.6 Å². The van der Waals surface area contributed by atoms with E-state index >= 15 is 0 Å². The topological polar surface area (TPSA) is 84.2 Å². The van der Waals surface area contributed by atoms with Crippen LogP contribution in [0.4, 0.5) is 5.82 Å². The molecule has 0 bridgehead atoms. The Kier molecular flexibility index (Phi) is 4.70. The second kappa shape index (κ2) is 5.71. The summed E-state index contributed by atoms with van der Waals surface area (Å²) >= 11 is 0. The molecule has 1 amide bonds. The van der Waals surface area contributed by atoms with Gasteiger partial charge in [0.15, 0.2) is 5.82 Å². The van der Waals surface area contributed by atoms with Crippen molar-refractivity contribution >= 4 is 29.9 Å². The van der Waals surface area contributed by atoms with Crippen LogP contribution in [0.2, 0.25) is 0 Å². The highest BCUT2D eigenvalue weighted by atomic mass is 35.5. The first-order chi connectivity index (χ1) is 8.36. The molecule has 2 N–H and O–H groups in total. The molecule has 1 fully saturated rings. The highest BCUT2D eigenvalue weighted by Gasteiger charge is 2.28. The summed E-state index contributed by atoms with van der Waals surface area (Å²) in [5, 5.41) is 9.28. The maximum Gasteiger partial charge on any atom is 0.243 e. The van der Waals surface area contributed by atoms with E-state index in [-0.39, 0.29) is 42.5 Å². The van der Waals surface area contributed by atoms with Crippen LogP contribution in [0.5, 0.6) is 0 Å². The smallest absolute Gasteiger partial charge is 0.243 e. The molecule has 0 unspecified atom stereocenters. The summed E-state index contributed by atoms with van der Waals surface area (Å²) in [5.41, 5.74) is -0.155. The van der Waals surface area contributed by atoms with Gasteiger partial charge in [-0.2, -0.15) is 0 Å². The van der Waals surface area contributed by atoms with E-state index in [4.69, 9.17) is 4.52 Å². The minimum absolute atomic E-state index is 0. The van der Waals surface area contributed by atoms with Gasteiger partial charge in [0, 0.05) is 17.9 Å². The SMILES string of the molecule is CC(C)(C)c1cc(NC(=O)[C@@H]2CC(=O)CN2)no1.Cl. The number of ketones is 1. The molecular weight excluding hydrogens is 270 g/mol. The van der Waals surface area contributed by atoms with Crippen molar-refractivity contribution < 1.29 is 14.1 Å². The number of carbonyl (C=O) groups excluding carboxylic acids is 2. The second-order valence-corrected chi connectivity index (χ2v) is 5.49. The lowest BCUT2D eigenvalue weighted by Gasteiger charge is -2.12. The Labute approximate surface area is 117 Å². The van der Waals surface area contributed by atoms with Crippen LogP contribution in [0, 0.1) is 0 Å². The third-order valence-corrected chi connectivity index (χ3v) is 2.79. The number of hydrogen-bond acceptors (Lipinski definition) is 5. The van der Waals surface area contributed by atoms with Crippen LogP contribution < -0.4 is 10.6 Å². The summed E-state index contributed by atoms with van der Waals surface area (Å²) < 4.78 is 5.16. The van der Waals surface area contributed by atoms with Gasteiger partial charge in [0.25, 0.3) is 0 Å². The van der Waals surface area contributed by atoms with E-state index in [1.807, 2.05) is 20.8 Å². The normalized spacial score (nSPS) is 19.1. The molecule has 1 aromatic rings. The van der Waals surface area contributed by atoms with Gasteiger partial charge in [0.2, 0.25) is 5.91 Å². The van der Waals surface area contributed by atoms with Crippen molar-refractivity contribution in [3.8, 4) is 0 Å². The number of amides is 1. The number of aromatic nitrogens is 1. The molecule has 2 rings (SSSR count). The van der Waals surface area contributed by atoms with Crippen LogP contribution in [-0.2, 0) is 15.0 Å². The predicted molar refractivity (Wildman–Crippen MR) is 72.5 cm³/mol. The van der Waals surface area contributed by atoms with Crippen LogP contribution in [0.15, 0.2) is 10.6 Å². The van der Waals surface area contributed by atoms with E-state index < -0.39 is 6.04 Å². The zero-order valence-corrected chi connectivity index (χ0v) is 12.0. The molecule has 1 saturated heterocycles. The Hall–Kier alpha value is -1.40. The Bertz CT molecular complexity index is 479. The average molecular weight is 288 g/mol. The molecule has 0 aliphatic carbocycles. The van der Waals surface area contributed by atoms with E-state index in [2.05, 4.69) is 15.8 Å². The fourth-order valence-electron chi connectivity index (χ4n) is 1.70. The largest absolute Gasteiger partial charge is 0.359 e. The number of anilines is 1. The Balaban J connectivity index is 0.00000180. The lowest BCUT2D eigenvalue weighted by atomic mass is 9.93. The van der Waals surface area contributed by atoms with Crippen LogP contribution in [0.25, 0.3) is 0 Å². The van der Waals surface area contributed by atoms with E-state index in [1.165, 1.54) is 0 Å². The maximum atomic E-state index is 11.8. The van der Waals surface area contributed by atoms with Crippen molar-refractivity contribution in [2.45, 2.75) is 38.6 Å². The molecule has 1 aliphatic heterocycles. The van der Waals surface area contributed by atoms with Gasteiger partial charge in [0.1, 0.15) is 11.5 Å². The molecule has 0 aromatic carbocycles. The second-order valence-electron chi connectivity index (χ2n) is 5.49. The number of rotatable bonds is 2. The quantitative estimate of drug-likeness (QED) is 0.855. The fourth-order valence-corrected chi connectivity index (χ4v) is 1.70. The summed E-state index contributed by atoms with van der Waals surface area (Å²) in [6.45, 7) is 6.24. The van der Waals surface area contributed by atoms with Gasteiger partial charge in [-0.25, -0.2) is 0 Å². The zero-order chi connectivity index (χ0) is 13.3. The van der Waals surface area contributed by atoms with Crippen LogP contribution in [-0.4, -0.2) is 29.4 Å². The summed E-state index contributed by atoms with van der Waals surface area (Å²) in [7, 11) is 0. The molecule has 0 spiro atoms.